The van der Waals surface area contributed by atoms with Crippen molar-refractivity contribution in [2.75, 3.05) is 30.5 Å². The lowest BCUT2D eigenvalue weighted by atomic mass is 10.1. The molecule has 2 N–H and O–H groups in total. The van der Waals surface area contributed by atoms with Crippen LogP contribution in [-0.2, 0) is 4.74 Å². The van der Waals surface area contributed by atoms with Gasteiger partial charge in [0.2, 0.25) is 0 Å². The van der Waals surface area contributed by atoms with Crippen LogP contribution in [0, 0.1) is 0 Å². The molecular weight excluding hydrogens is 416 g/mol. The Morgan fingerprint density at radius 1 is 0.806 bits per heavy atom. The molecule has 0 unspecified atom stereocenters. The molecule has 0 heterocycles. The highest BCUT2D eigenvalue weighted by Gasteiger charge is 2.10. The van der Waals surface area contributed by atoms with Gasteiger partial charge in [0.25, 0.3) is 11.8 Å². The first-order valence-corrected chi connectivity index (χ1v) is 10.2. The Kier molecular flexibility index (Phi) is 8.04. The zero-order chi connectivity index (χ0) is 22.1. The molecule has 3 aromatic carbocycles. The second kappa shape index (κ2) is 11.2. The third kappa shape index (κ3) is 6.84. The molecule has 3 rings (SSSR count). The zero-order valence-electron chi connectivity index (χ0n) is 17.1. The molecule has 0 fully saturated rings. The number of anilines is 2. The molecule has 2 amide bonds. The minimum absolute atomic E-state index is 0.284. The van der Waals surface area contributed by atoms with Gasteiger partial charge in [-0.05, 0) is 67.6 Å². The molecule has 31 heavy (non-hydrogen) atoms. The average Bonchev–Trinajstić information content (AvgIpc) is 2.77. The lowest BCUT2D eigenvalue weighted by Crippen LogP contribution is -2.14. The van der Waals surface area contributed by atoms with Gasteiger partial charge in [-0.25, -0.2) is 0 Å². The van der Waals surface area contributed by atoms with Crippen molar-refractivity contribution >= 4 is 34.8 Å². The van der Waals surface area contributed by atoms with Crippen LogP contribution in [0.2, 0.25) is 5.02 Å². The van der Waals surface area contributed by atoms with E-state index in [-0.39, 0.29) is 11.8 Å². The van der Waals surface area contributed by atoms with Crippen LogP contribution in [0.5, 0.6) is 5.75 Å². The standard InChI is InChI=1S/C24H23ClN2O4/c1-2-30-13-14-31-22-11-9-17(10-12-22)23(28)26-20-7-3-5-18(15-20)24(29)27-21-8-4-6-19(25)16-21/h3-12,15-16H,2,13-14H2,1H3,(H,26,28)(H,27,29). The summed E-state index contributed by atoms with van der Waals surface area (Å²) in [6, 6.07) is 20.4. The molecule has 7 heteroatoms. The molecule has 0 spiro atoms. The summed E-state index contributed by atoms with van der Waals surface area (Å²) in [5.74, 6) is 0.0797. The lowest BCUT2D eigenvalue weighted by Gasteiger charge is -2.10. The normalized spacial score (nSPS) is 10.4. The number of rotatable bonds is 9. The van der Waals surface area contributed by atoms with Gasteiger partial charge in [-0.2, -0.15) is 0 Å². The first-order chi connectivity index (χ1) is 15.0. The number of hydrogen-bond acceptors (Lipinski definition) is 4. The summed E-state index contributed by atoms with van der Waals surface area (Å²) in [6.07, 6.45) is 0. The molecule has 0 aliphatic rings. The Hall–Kier alpha value is -3.35. The molecule has 0 radical (unpaired) electrons. The van der Waals surface area contributed by atoms with Crippen molar-refractivity contribution < 1.29 is 19.1 Å². The third-order valence-corrected chi connectivity index (χ3v) is 4.52. The first-order valence-electron chi connectivity index (χ1n) is 9.84. The van der Waals surface area contributed by atoms with Crippen LogP contribution in [0.4, 0.5) is 11.4 Å². The molecule has 0 aliphatic carbocycles. The quantitative estimate of drug-likeness (QED) is 0.447. The number of benzene rings is 3. The van der Waals surface area contributed by atoms with Gasteiger partial charge >= 0.3 is 0 Å². The molecule has 160 valence electrons. The Morgan fingerprint density at radius 2 is 1.45 bits per heavy atom. The monoisotopic (exact) mass is 438 g/mol. The van der Waals surface area contributed by atoms with Crippen molar-refractivity contribution in [1.29, 1.82) is 0 Å². The third-order valence-electron chi connectivity index (χ3n) is 4.28. The fraction of sp³-hybridized carbons (Fsp3) is 0.167. The van der Waals surface area contributed by atoms with E-state index in [1.54, 1.807) is 72.8 Å². The maximum Gasteiger partial charge on any atom is 0.255 e. The van der Waals surface area contributed by atoms with Crippen LogP contribution in [0.1, 0.15) is 27.6 Å². The fourth-order valence-electron chi connectivity index (χ4n) is 2.78. The minimum atomic E-state index is -0.299. The fourth-order valence-corrected chi connectivity index (χ4v) is 2.97. The van der Waals surface area contributed by atoms with Crippen LogP contribution in [-0.4, -0.2) is 31.6 Å². The number of carbonyl (C=O) groups excluding carboxylic acids is 2. The highest BCUT2D eigenvalue weighted by molar-refractivity contribution is 6.31. The minimum Gasteiger partial charge on any atom is -0.491 e. The number of nitrogens with one attached hydrogen (secondary N) is 2. The van der Waals surface area contributed by atoms with E-state index in [2.05, 4.69) is 10.6 Å². The van der Waals surface area contributed by atoms with Crippen LogP contribution in [0.25, 0.3) is 0 Å². The second-order valence-electron chi connectivity index (χ2n) is 6.57. The summed E-state index contributed by atoms with van der Waals surface area (Å²) in [6.45, 7) is 3.53. The molecule has 0 saturated heterocycles. The van der Waals surface area contributed by atoms with E-state index in [1.165, 1.54) is 0 Å². The number of amides is 2. The van der Waals surface area contributed by atoms with Crippen molar-refractivity contribution in [2.45, 2.75) is 6.92 Å². The van der Waals surface area contributed by atoms with E-state index in [0.29, 0.717) is 53.1 Å². The van der Waals surface area contributed by atoms with Gasteiger partial charge in [0.15, 0.2) is 0 Å². The summed E-state index contributed by atoms with van der Waals surface area (Å²) in [4.78, 5) is 25.1. The van der Waals surface area contributed by atoms with E-state index in [1.807, 2.05) is 6.92 Å². The summed E-state index contributed by atoms with van der Waals surface area (Å²) in [7, 11) is 0. The van der Waals surface area contributed by atoms with Crippen LogP contribution >= 0.6 is 11.6 Å². The molecule has 6 nitrogen and oxygen atoms in total. The number of hydrogen-bond donors (Lipinski definition) is 2. The smallest absolute Gasteiger partial charge is 0.255 e. The van der Waals surface area contributed by atoms with Crippen LogP contribution < -0.4 is 15.4 Å². The van der Waals surface area contributed by atoms with Crippen molar-refractivity contribution in [3.05, 3.63) is 88.9 Å². The Morgan fingerprint density at radius 3 is 2.13 bits per heavy atom. The highest BCUT2D eigenvalue weighted by Crippen LogP contribution is 2.18. The van der Waals surface area contributed by atoms with Gasteiger partial charge < -0.3 is 20.1 Å². The Bertz CT molecular complexity index is 1040. The largest absolute Gasteiger partial charge is 0.491 e. The van der Waals surface area contributed by atoms with E-state index < -0.39 is 0 Å². The SMILES string of the molecule is CCOCCOc1ccc(C(=O)Nc2cccc(C(=O)Nc3cccc(Cl)c3)c2)cc1. The van der Waals surface area contributed by atoms with Gasteiger partial charge in [0.05, 0.1) is 6.61 Å². The summed E-state index contributed by atoms with van der Waals surface area (Å²) >= 11 is 5.95. The predicted octanol–water partition coefficient (Wildman–Crippen LogP) is 5.26. The van der Waals surface area contributed by atoms with E-state index >= 15 is 0 Å². The van der Waals surface area contributed by atoms with E-state index in [9.17, 15) is 9.59 Å². The van der Waals surface area contributed by atoms with Crippen LogP contribution in [0.3, 0.4) is 0 Å². The summed E-state index contributed by atoms with van der Waals surface area (Å²) in [5.41, 5.74) is 2.00. The molecular formula is C24H23ClN2O4. The Balaban J connectivity index is 1.59. The van der Waals surface area contributed by atoms with Crippen molar-refractivity contribution in [2.24, 2.45) is 0 Å². The summed E-state index contributed by atoms with van der Waals surface area (Å²) in [5, 5.41) is 6.12. The molecule has 0 aliphatic heterocycles. The van der Waals surface area contributed by atoms with Crippen molar-refractivity contribution in [3.8, 4) is 5.75 Å². The molecule has 0 atom stereocenters. The van der Waals surface area contributed by atoms with Gasteiger partial charge in [0.1, 0.15) is 12.4 Å². The van der Waals surface area contributed by atoms with Crippen molar-refractivity contribution in [3.63, 3.8) is 0 Å². The number of halogens is 1. The van der Waals surface area contributed by atoms with Crippen molar-refractivity contribution in [1.82, 2.24) is 0 Å². The van der Waals surface area contributed by atoms with Gasteiger partial charge in [0, 0.05) is 34.1 Å². The molecule has 0 bridgehead atoms. The molecule has 0 saturated carbocycles. The van der Waals surface area contributed by atoms with Gasteiger partial charge in [-0.1, -0.05) is 23.7 Å². The van der Waals surface area contributed by atoms with E-state index in [0.717, 1.165) is 0 Å². The second-order valence-corrected chi connectivity index (χ2v) is 7.01. The lowest BCUT2D eigenvalue weighted by molar-refractivity contribution is 0.101. The Labute approximate surface area is 186 Å². The topological polar surface area (TPSA) is 76.7 Å². The predicted molar refractivity (Wildman–Crippen MR) is 122 cm³/mol. The average molecular weight is 439 g/mol. The maximum absolute atomic E-state index is 12.5. The molecule has 0 aromatic heterocycles. The van der Waals surface area contributed by atoms with Gasteiger partial charge in [-0.15, -0.1) is 0 Å². The number of carbonyl (C=O) groups is 2. The van der Waals surface area contributed by atoms with Gasteiger partial charge in [-0.3, -0.25) is 9.59 Å². The number of ether oxygens (including phenoxy) is 2. The van der Waals surface area contributed by atoms with E-state index in [4.69, 9.17) is 21.1 Å². The zero-order valence-corrected chi connectivity index (χ0v) is 17.8. The highest BCUT2D eigenvalue weighted by atomic mass is 35.5. The maximum atomic E-state index is 12.5. The molecule has 3 aromatic rings. The van der Waals surface area contributed by atoms with Crippen LogP contribution in [0.15, 0.2) is 72.8 Å². The first kappa shape index (κ1) is 22.3. The summed E-state index contributed by atoms with van der Waals surface area (Å²) < 4.78 is 10.8.